The van der Waals surface area contributed by atoms with E-state index in [4.69, 9.17) is 9.73 Å². The number of aromatic nitrogens is 3. The van der Waals surface area contributed by atoms with Gasteiger partial charge in [0.05, 0.1) is 28.9 Å². The monoisotopic (exact) mass is 362 g/mol. The molecule has 136 valence electrons. The number of hydrogen-bond acceptors (Lipinski definition) is 6. The van der Waals surface area contributed by atoms with Gasteiger partial charge in [-0.3, -0.25) is 0 Å². The standard InChI is InChI=1S/C17H16F2N4O3/c1-4-13-10(7-20-25)17(16-8(2)22-26-9(16)3)23(21-13)14-5-12(19)15(24)6-11(14)18/h5-7,24-25H,4H2,1-3H3. The van der Waals surface area contributed by atoms with E-state index < -0.39 is 17.4 Å². The Morgan fingerprint density at radius 1 is 1.27 bits per heavy atom. The van der Waals surface area contributed by atoms with Gasteiger partial charge in [-0.25, -0.2) is 13.5 Å². The van der Waals surface area contributed by atoms with Crippen LogP contribution in [0.1, 0.15) is 29.6 Å². The molecule has 0 atom stereocenters. The summed E-state index contributed by atoms with van der Waals surface area (Å²) in [5.41, 5.74) is 2.11. The molecule has 2 heterocycles. The summed E-state index contributed by atoms with van der Waals surface area (Å²) in [6.07, 6.45) is 1.63. The molecule has 0 saturated heterocycles. The van der Waals surface area contributed by atoms with Crippen molar-refractivity contribution in [2.24, 2.45) is 5.16 Å². The summed E-state index contributed by atoms with van der Waals surface area (Å²) < 4.78 is 34.7. The van der Waals surface area contributed by atoms with Crippen LogP contribution in [0.4, 0.5) is 8.78 Å². The third kappa shape index (κ3) is 2.71. The molecule has 9 heteroatoms. The first-order chi connectivity index (χ1) is 12.4. The first-order valence-corrected chi connectivity index (χ1v) is 7.79. The van der Waals surface area contributed by atoms with Crippen LogP contribution in [-0.2, 0) is 6.42 Å². The van der Waals surface area contributed by atoms with Crippen molar-refractivity contribution in [3.63, 3.8) is 0 Å². The quantitative estimate of drug-likeness (QED) is 0.421. The smallest absolute Gasteiger partial charge is 0.167 e. The summed E-state index contributed by atoms with van der Waals surface area (Å²) in [5, 5.41) is 29.7. The van der Waals surface area contributed by atoms with Crippen LogP contribution in [0.3, 0.4) is 0 Å². The van der Waals surface area contributed by atoms with Gasteiger partial charge < -0.3 is 14.8 Å². The van der Waals surface area contributed by atoms with Crippen LogP contribution in [0.15, 0.2) is 21.8 Å². The van der Waals surface area contributed by atoms with Crippen LogP contribution in [-0.4, -0.2) is 31.5 Å². The molecule has 3 rings (SSSR count). The molecule has 3 aromatic rings. The molecule has 0 aliphatic carbocycles. The second kappa shape index (κ2) is 6.58. The van der Waals surface area contributed by atoms with Crippen molar-refractivity contribution in [2.45, 2.75) is 27.2 Å². The van der Waals surface area contributed by atoms with Crippen LogP contribution in [0, 0.1) is 25.5 Å². The predicted molar refractivity (Wildman–Crippen MR) is 88.9 cm³/mol. The second-order valence-electron chi connectivity index (χ2n) is 5.67. The third-order valence-electron chi connectivity index (χ3n) is 4.03. The maximum absolute atomic E-state index is 14.5. The average Bonchev–Trinajstić information content (AvgIpc) is 3.11. The minimum atomic E-state index is -0.989. The highest BCUT2D eigenvalue weighted by Crippen LogP contribution is 2.34. The summed E-state index contributed by atoms with van der Waals surface area (Å²) in [7, 11) is 0. The molecule has 0 saturated carbocycles. The summed E-state index contributed by atoms with van der Waals surface area (Å²) in [6.45, 7) is 5.20. The van der Waals surface area contributed by atoms with Crippen LogP contribution < -0.4 is 0 Å². The highest BCUT2D eigenvalue weighted by molar-refractivity contribution is 5.91. The normalized spacial score (nSPS) is 11.6. The molecule has 0 aliphatic rings. The summed E-state index contributed by atoms with van der Waals surface area (Å²) in [4.78, 5) is 0. The highest BCUT2D eigenvalue weighted by Gasteiger charge is 2.26. The zero-order valence-corrected chi connectivity index (χ0v) is 14.3. The summed E-state index contributed by atoms with van der Waals surface area (Å²) >= 11 is 0. The largest absolute Gasteiger partial charge is 0.505 e. The van der Waals surface area contributed by atoms with E-state index in [1.165, 1.54) is 10.9 Å². The van der Waals surface area contributed by atoms with Crippen molar-refractivity contribution >= 4 is 6.21 Å². The van der Waals surface area contributed by atoms with Crippen molar-refractivity contribution in [1.29, 1.82) is 0 Å². The van der Waals surface area contributed by atoms with Gasteiger partial charge in [0.15, 0.2) is 17.4 Å². The van der Waals surface area contributed by atoms with E-state index in [9.17, 15) is 13.9 Å². The lowest BCUT2D eigenvalue weighted by molar-refractivity contribution is 0.322. The van der Waals surface area contributed by atoms with E-state index in [1.807, 2.05) is 6.92 Å². The van der Waals surface area contributed by atoms with E-state index >= 15 is 0 Å². The Bertz CT molecular complexity index is 989. The molecule has 1 aromatic carbocycles. The van der Waals surface area contributed by atoms with E-state index in [0.717, 1.165) is 6.07 Å². The summed E-state index contributed by atoms with van der Waals surface area (Å²) in [6, 6.07) is 1.52. The molecule has 2 N–H and O–H groups in total. The fraction of sp³-hybridized carbons (Fsp3) is 0.235. The van der Waals surface area contributed by atoms with Gasteiger partial charge >= 0.3 is 0 Å². The maximum atomic E-state index is 14.5. The Morgan fingerprint density at radius 2 is 2.00 bits per heavy atom. The van der Waals surface area contributed by atoms with Gasteiger partial charge in [0.1, 0.15) is 11.4 Å². The fourth-order valence-corrected chi connectivity index (χ4v) is 2.85. The molecule has 2 aromatic heterocycles. The number of nitrogens with zero attached hydrogens (tertiary/aromatic N) is 4. The Morgan fingerprint density at radius 3 is 2.58 bits per heavy atom. The number of hydrogen-bond donors (Lipinski definition) is 2. The molecular weight excluding hydrogens is 346 g/mol. The van der Waals surface area contributed by atoms with Gasteiger partial charge in [0, 0.05) is 17.7 Å². The Kier molecular flexibility index (Phi) is 4.45. The van der Waals surface area contributed by atoms with Crippen LogP contribution >= 0.6 is 0 Å². The van der Waals surface area contributed by atoms with Gasteiger partial charge in [0.2, 0.25) is 0 Å². The van der Waals surface area contributed by atoms with Gasteiger partial charge in [-0.2, -0.15) is 5.10 Å². The maximum Gasteiger partial charge on any atom is 0.167 e. The molecule has 26 heavy (non-hydrogen) atoms. The lowest BCUT2D eigenvalue weighted by Gasteiger charge is -2.10. The Hall–Kier alpha value is -3.23. The van der Waals surface area contributed by atoms with Crippen molar-refractivity contribution in [3.8, 4) is 22.7 Å². The zero-order chi connectivity index (χ0) is 19.0. The van der Waals surface area contributed by atoms with E-state index in [0.29, 0.717) is 46.5 Å². The molecule has 0 radical (unpaired) electrons. The topological polar surface area (TPSA) is 96.7 Å². The SMILES string of the molecule is CCc1nn(-c2cc(F)c(O)cc2F)c(-c2c(C)noc2C)c1C=NO. The minimum Gasteiger partial charge on any atom is -0.505 e. The van der Waals surface area contributed by atoms with E-state index in [-0.39, 0.29) is 5.69 Å². The molecule has 0 spiro atoms. The van der Waals surface area contributed by atoms with Crippen LogP contribution in [0.2, 0.25) is 0 Å². The lowest BCUT2D eigenvalue weighted by atomic mass is 10.0. The molecule has 0 fully saturated rings. The number of phenols is 1. The number of rotatable bonds is 4. The van der Waals surface area contributed by atoms with Gasteiger partial charge in [-0.05, 0) is 20.3 Å². The Balaban J connectivity index is 2.42. The number of phenolic OH excluding ortho intramolecular Hbond substituents is 1. The number of benzene rings is 1. The molecular formula is C17H16F2N4O3. The molecule has 0 amide bonds. The van der Waals surface area contributed by atoms with E-state index in [2.05, 4.69) is 15.4 Å². The second-order valence-corrected chi connectivity index (χ2v) is 5.67. The first kappa shape index (κ1) is 17.6. The van der Waals surface area contributed by atoms with Crippen molar-refractivity contribution in [2.75, 3.05) is 0 Å². The zero-order valence-electron chi connectivity index (χ0n) is 14.3. The van der Waals surface area contributed by atoms with Crippen molar-refractivity contribution < 1.29 is 23.6 Å². The predicted octanol–water partition coefficient (Wildman–Crippen LogP) is 3.50. The molecule has 0 aliphatic heterocycles. The molecule has 7 nitrogen and oxygen atoms in total. The number of oxime groups is 1. The van der Waals surface area contributed by atoms with Gasteiger partial charge in [-0.1, -0.05) is 17.2 Å². The summed E-state index contributed by atoms with van der Waals surface area (Å²) in [5.74, 6) is -2.21. The number of aryl methyl sites for hydroxylation is 3. The first-order valence-electron chi connectivity index (χ1n) is 7.79. The third-order valence-corrected chi connectivity index (χ3v) is 4.03. The molecule has 0 unspecified atom stereocenters. The minimum absolute atomic E-state index is 0.206. The highest BCUT2D eigenvalue weighted by atomic mass is 19.1. The number of aromatic hydroxyl groups is 1. The van der Waals surface area contributed by atoms with Crippen LogP contribution in [0.25, 0.3) is 16.9 Å². The fourth-order valence-electron chi connectivity index (χ4n) is 2.85. The van der Waals surface area contributed by atoms with E-state index in [1.54, 1.807) is 13.8 Å². The average molecular weight is 362 g/mol. The van der Waals surface area contributed by atoms with Crippen molar-refractivity contribution in [3.05, 3.63) is 46.5 Å². The molecule has 0 bridgehead atoms. The van der Waals surface area contributed by atoms with Gasteiger partial charge in [-0.15, -0.1) is 0 Å². The lowest BCUT2D eigenvalue weighted by Crippen LogP contribution is -2.04. The van der Waals surface area contributed by atoms with Crippen LogP contribution in [0.5, 0.6) is 5.75 Å². The Labute approximate surface area is 147 Å². The van der Waals surface area contributed by atoms with Crippen molar-refractivity contribution in [1.82, 2.24) is 14.9 Å². The number of halogens is 2. The van der Waals surface area contributed by atoms with Gasteiger partial charge in [0.25, 0.3) is 0 Å².